The molecule has 0 saturated carbocycles. The van der Waals surface area contributed by atoms with E-state index in [1.807, 2.05) is 30.0 Å². The summed E-state index contributed by atoms with van der Waals surface area (Å²) in [5.41, 5.74) is 1.10. The molecule has 0 saturated heterocycles. The van der Waals surface area contributed by atoms with Gasteiger partial charge in [-0.3, -0.25) is 0 Å². The third-order valence-electron chi connectivity index (χ3n) is 3.13. The second kappa shape index (κ2) is 5.81. The van der Waals surface area contributed by atoms with Crippen LogP contribution in [0.5, 0.6) is 5.75 Å². The van der Waals surface area contributed by atoms with Crippen molar-refractivity contribution in [3.63, 3.8) is 0 Å². The number of para-hydroxylation sites is 1. The Morgan fingerprint density at radius 2 is 2.22 bits per heavy atom. The molecule has 98 valence electrons. The molecule has 0 aromatic heterocycles. The maximum atomic E-state index is 6.00. The van der Waals surface area contributed by atoms with E-state index in [2.05, 4.69) is 37.9 Å². The molecule has 2 rings (SSSR count). The average Bonchev–Trinajstić information content (AvgIpc) is 2.60. The highest BCUT2D eigenvalue weighted by atomic mass is 32.2. The van der Waals surface area contributed by atoms with E-state index < -0.39 is 0 Å². The maximum Gasteiger partial charge on any atom is 0.125 e. The molecular weight excluding hydrogens is 242 g/mol. The van der Waals surface area contributed by atoms with Crippen LogP contribution in [-0.4, -0.2) is 23.7 Å². The van der Waals surface area contributed by atoms with Crippen LogP contribution >= 0.6 is 11.8 Å². The minimum Gasteiger partial charge on any atom is -0.486 e. The normalized spacial score (nSPS) is 20.2. The number of ether oxygens (including phenoxy) is 1. The Bertz CT molecular complexity index is 417. The highest BCUT2D eigenvalue weighted by molar-refractivity contribution is 7.99. The summed E-state index contributed by atoms with van der Waals surface area (Å²) >= 11 is 1.90. The van der Waals surface area contributed by atoms with E-state index in [0.29, 0.717) is 0 Å². The molecule has 1 aromatic rings. The molecule has 0 radical (unpaired) electrons. The first-order valence-electron chi connectivity index (χ1n) is 6.35. The fraction of sp³-hybridized carbons (Fsp3) is 0.467. The second-order valence-electron chi connectivity index (χ2n) is 4.99. The molecule has 3 heteroatoms. The lowest BCUT2D eigenvalue weighted by Gasteiger charge is -2.27. The molecule has 1 unspecified atom stereocenters. The van der Waals surface area contributed by atoms with Crippen LogP contribution < -0.4 is 10.1 Å². The summed E-state index contributed by atoms with van der Waals surface area (Å²) in [6.07, 6.45) is 1.95. The van der Waals surface area contributed by atoms with Gasteiger partial charge in [0.05, 0.1) is 6.04 Å². The van der Waals surface area contributed by atoms with Crippen molar-refractivity contribution in [3.05, 3.63) is 42.5 Å². The number of thioether (sulfide) groups is 1. The van der Waals surface area contributed by atoms with Crippen LogP contribution in [0.25, 0.3) is 0 Å². The van der Waals surface area contributed by atoms with E-state index in [1.54, 1.807) is 0 Å². The molecule has 1 heterocycles. The summed E-state index contributed by atoms with van der Waals surface area (Å²) in [6, 6.07) is 8.57. The average molecular weight is 263 g/mol. The number of nitrogens with one attached hydrogen (secondary N) is 1. The van der Waals surface area contributed by atoms with Crippen molar-refractivity contribution in [2.75, 3.05) is 18.1 Å². The lowest BCUT2D eigenvalue weighted by molar-refractivity contribution is 0.0975. The van der Waals surface area contributed by atoms with Gasteiger partial charge in [0.15, 0.2) is 0 Å². The predicted octanol–water partition coefficient (Wildman–Crippen LogP) is 3.41. The highest BCUT2D eigenvalue weighted by Gasteiger charge is 2.40. The van der Waals surface area contributed by atoms with Gasteiger partial charge in [0, 0.05) is 23.6 Å². The van der Waals surface area contributed by atoms with Crippen molar-refractivity contribution >= 4 is 11.8 Å². The maximum absolute atomic E-state index is 6.00. The summed E-state index contributed by atoms with van der Waals surface area (Å²) < 4.78 is 6.00. The Balaban J connectivity index is 1.96. The molecule has 2 nitrogen and oxygen atoms in total. The number of benzene rings is 1. The molecule has 1 aromatic carbocycles. The minimum absolute atomic E-state index is 0.174. The van der Waals surface area contributed by atoms with Gasteiger partial charge in [-0.25, -0.2) is 0 Å². The molecule has 0 amide bonds. The van der Waals surface area contributed by atoms with Crippen LogP contribution in [0.2, 0.25) is 0 Å². The Morgan fingerprint density at radius 1 is 1.44 bits per heavy atom. The number of hydrogen-bond acceptors (Lipinski definition) is 3. The fourth-order valence-electron chi connectivity index (χ4n) is 2.33. The molecule has 1 aliphatic heterocycles. The van der Waals surface area contributed by atoms with Crippen molar-refractivity contribution in [2.24, 2.45) is 0 Å². The zero-order chi connectivity index (χ0) is 13.0. The summed E-state index contributed by atoms with van der Waals surface area (Å²) in [5, 5.41) is 3.61. The summed E-state index contributed by atoms with van der Waals surface area (Å²) in [5.74, 6) is 3.13. The van der Waals surface area contributed by atoms with E-state index in [9.17, 15) is 0 Å². The van der Waals surface area contributed by atoms with Gasteiger partial charge in [-0.15, -0.1) is 6.58 Å². The van der Waals surface area contributed by atoms with Crippen LogP contribution in [-0.2, 0) is 0 Å². The molecule has 0 fully saturated rings. The van der Waals surface area contributed by atoms with Crippen molar-refractivity contribution in [3.8, 4) is 5.75 Å². The van der Waals surface area contributed by atoms with Gasteiger partial charge >= 0.3 is 0 Å². The number of rotatable bonds is 6. The fourth-order valence-corrected chi connectivity index (χ4v) is 2.92. The Morgan fingerprint density at radius 3 is 3.00 bits per heavy atom. The van der Waals surface area contributed by atoms with Crippen molar-refractivity contribution < 1.29 is 4.74 Å². The van der Waals surface area contributed by atoms with Gasteiger partial charge in [0.25, 0.3) is 0 Å². The first-order valence-corrected chi connectivity index (χ1v) is 7.50. The topological polar surface area (TPSA) is 21.3 Å². The van der Waals surface area contributed by atoms with Crippen LogP contribution in [0.3, 0.4) is 0 Å². The van der Waals surface area contributed by atoms with Crippen molar-refractivity contribution in [1.29, 1.82) is 0 Å². The first-order chi connectivity index (χ1) is 8.65. The van der Waals surface area contributed by atoms with E-state index in [-0.39, 0.29) is 11.6 Å². The molecule has 1 aliphatic rings. The monoisotopic (exact) mass is 263 g/mol. The Kier molecular flexibility index (Phi) is 4.36. The summed E-state index contributed by atoms with van der Waals surface area (Å²) in [4.78, 5) is 0. The summed E-state index contributed by atoms with van der Waals surface area (Å²) in [6.45, 7) is 9.00. The van der Waals surface area contributed by atoms with E-state index in [0.717, 1.165) is 23.8 Å². The van der Waals surface area contributed by atoms with E-state index in [1.165, 1.54) is 5.56 Å². The van der Waals surface area contributed by atoms with Gasteiger partial charge < -0.3 is 10.1 Å². The first kappa shape index (κ1) is 13.5. The molecule has 0 aliphatic carbocycles. The van der Waals surface area contributed by atoms with Gasteiger partial charge in [-0.2, -0.15) is 11.8 Å². The van der Waals surface area contributed by atoms with Crippen molar-refractivity contribution in [1.82, 2.24) is 5.32 Å². The number of hydrogen-bond donors (Lipinski definition) is 1. The number of fused-ring (bicyclic) bond motifs is 1. The van der Waals surface area contributed by atoms with Gasteiger partial charge in [-0.05, 0) is 19.9 Å². The molecule has 0 bridgehead atoms. The zero-order valence-corrected chi connectivity index (χ0v) is 11.9. The third-order valence-corrected chi connectivity index (χ3v) is 4.09. The molecular formula is C15H21NOS. The molecule has 1 N–H and O–H groups in total. The zero-order valence-electron chi connectivity index (χ0n) is 11.1. The lowest BCUT2D eigenvalue weighted by atomic mass is 9.94. The standard InChI is InChI=1S/C15H21NOS/c1-4-10-18-11-9-16-14-12-7-5-6-8-13(12)17-15(14,2)3/h4-8,14,16H,1,9-11H2,2-3H3. The van der Waals surface area contributed by atoms with E-state index >= 15 is 0 Å². The minimum atomic E-state index is -0.174. The summed E-state index contributed by atoms with van der Waals surface area (Å²) in [7, 11) is 0. The molecule has 0 spiro atoms. The second-order valence-corrected chi connectivity index (χ2v) is 6.14. The molecule has 18 heavy (non-hydrogen) atoms. The van der Waals surface area contributed by atoms with Crippen LogP contribution in [0, 0.1) is 0 Å². The van der Waals surface area contributed by atoms with Crippen LogP contribution in [0.15, 0.2) is 36.9 Å². The van der Waals surface area contributed by atoms with E-state index in [4.69, 9.17) is 4.74 Å². The Hall–Kier alpha value is -0.930. The molecule has 1 atom stereocenters. The van der Waals surface area contributed by atoms with Crippen LogP contribution in [0.1, 0.15) is 25.5 Å². The predicted molar refractivity (Wildman–Crippen MR) is 79.4 cm³/mol. The largest absolute Gasteiger partial charge is 0.486 e. The highest BCUT2D eigenvalue weighted by Crippen LogP contribution is 2.42. The quantitative estimate of drug-likeness (QED) is 0.628. The Labute approximate surface area is 114 Å². The smallest absolute Gasteiger partial charge is 0.125 e. The lowest BCUT2D eigenvalue weighted by Crippen LogP contribution is -2.39. The SMILES string of the molecule is C=CCSCCNC1c2ccccc2OC1(C)C. The van der Waals surface area contributed by atoms with Gasteiger partial charge in [-0.1, -0.05) is 24.3 Å². The van der Waals surface area contributed by atoms with Crippen LogP contribution in [0.4, 0.5) is 0 Å². The van der Waals surface area contributed by atoms with Gasteiger partial charge in [0.1, 0.15) is 11.4 Å². The van der Waals surface area contributed by atoms with Gasteiger partial charge in [0.2, 0.25) is 0 Å². The third kappa shape index (κ3) is 2.90. The van der Waals surface area contributed by atoms with Crippen molar-refractivity contribution in [2.45, 2.75) is 25.5 Å².